The van der Waals surface area contributed by atoms with Gasteiger partial charge in [-0.1, -0.05) is 0 Å². The van der Waals surface area contributed by atoms with Crippen LogP contribution in [0.5, 0.6) is 0 Å². The number of carbonyl (C=O) groups excluding carboxylic acids is 2. The summed E-state index contributed by atoms with van der Waals surface area (Å²) in [5.41, 5.74) is -0.669. The zero-order valence-corrected chi connectivity index (χ0v) is 12.2. The van der Waals surface area contributed by atoms with E-state index < -0.39 is 35.5 Å². The smallest absolute Gasteiger partial charge is 0.410 e. The summed E-state index contributed by atoms with van der Waals surface area (Å²) >= 11 is 0. The first-order valence-electron chi connectivity index (χ1n) is 6.53. The minimum atomic E-state index is -1.12. The Morgan fingerprint density at radius 3 is 2.20 bits per heavy atom. The molecule has 7 nitrogen and oxygen atoms in total. The van der Waals surface area contributed by atoms with E-state index in [2.05, 4.69) is 0 Å². The lowest BCUT2D eigenvalue weighted by Gasteiger charge is -2.24. The Morgan fingerprint density at radius 1 is 1.20 bits per heavy atom. The normalized spacial score (nSPS) is 22.5. The van der Waals surface area contributed by atoms with E-state index in [0.29, 0.717) is 0 Å². The third-order valence-electron chi connectivity index (χ3n) is 2.88. The van der Waals surface area contributed by atoms with Gasteiger partial charge in [0.2, 0.25) is 0 Å². The molecule has 1 saturated heterocycles. The van der Waals surface area contributed by atoms with Crippen LogP contribution < -0.4 is 0 Å². The zero-order valence-electron chi connectivity index (χ0n) is 12.2. The van der Waals surface area contributed by atoms with Crippen LogP contribution in [0.2, 0.25) is 0 Å². The fraction of sp³-hybridized carbons (Fsp3) is 0.769. The SMILES string of the molecule is CCOC(=O)[C@@H]1CN(C(=O)OC(C)(C)C)C[C@@H]1C(=O)O. The van der Waals surface area contributed by atoms with Crippen LogP contribution in [0, 0.1) is 11.8 Å². The van der Waals surface area contributed by atoms with Crippen molar-refractivity contribution >= 4 is 18.0 Å². The van der Waals surface area contributed by atoms with E-state index in [9.17, 15) is 14.4 Å². The fourth-order valence-electron chi connectivity index (χ4n) is 2.02. The van der Waals surface area contributed by atoms with Gasteiger partial charge in [-0.15, -0.1) is 0 Å². The zero-order chi connectivity index (χ0) is 15.5. The largest absolute Gasteiger partial charge is 0.481 e. The van der Waals surface area contributed by atoms with E-state index in [-0.39, 0.29) is 19.7 Å². The van der Waals surface area contributed by atoms with Crippen molar-refractivity contribution < 1.29 is 29.0 Å². The molecule has 0 aromatic heterocycles. The van der Waals surface area contributed by atoms with Crippen molar-refractivity contribution in [1.82, 2.24) is 4.90 Å². The molecule has 0 radical (unpaired) electrons. The van der Waals surface area contributed by atoms with Crippen molar-refractivity contribution in [2.45, 2.75) is 33.3 Å². The molecule has 7 heteroatoms. The number of carboxylic acids is 1. The molecule has 0 saturated carbocycles. The van der Waals surface area contributed by atoms with E-state index in [1.54, 1.807) is 27.7 Å². The number of rotatable bonds is 3. The quantitative estimate of drug-likeness (QED) is 0.782. The predicted octanol–water partition coefficient (Wildman–Crippen LogP) is 1.12. The van der Waals surface area contributed by atoms with Crippen molar-refractivity contribution in [3.8, 4) is 0 Å². The number of carbonyl (C=O) groups is 3. The number of esters is 1. The van der Waals surface area contributed by atoms with Gasteiger partial charge in [0, 0.05) is 13.1 Å². The lowest BCUT2D eigenvalue weighted by molar-refractivity contribution is -0.155. The van der Waals surface area contributed by atoms with E-state index in [4.69, 9.17) is 14.6 Å². The van der Waals surface area contributed by atoms with E-state index >= 15 is 0 Å². The average molecular weight is 287 g/mol. The topological polar surface area (TPSA) is 93.1 Å². The van der Waals surface area contributed by atoms with Crippen LogP contribution in [0.15, 0.2) is 0 Å². The number of hydrogen-bond donors (Lipinski definition) is 1. The van der Waals surface area contributed by atoms with E-state index in [1.807, 2.05) is 0 Å². The molecule has 1 aliphatic rings. The molecule has 1 heterocycles. The van der Waals surface area contributed by atoms with Gasteiger partial charge in [-0.3, -0.25) is 9.59 Å². The second-order valence-corrected chi connectivity index (χ2v) is 5.69. The summed E-state index contributed by atoms with van der Waals surface area (Å²) in [6.45, 7) is 6.94. The van der Waals surface area contributed by atoms with Gasteiger partial charge in [0.15, 0.2) is 0 Å². The van der Waals surface area contributed by atoms with Gasteiger partial charge < -0.3 is 19.5 Å². The highest BCUT2D eigenvalue weighted by molar-refractivity contribution is 5.84. The molecule has 1 N–H and O–H groups in total. The van der Waals surface area contributed by atoms with Gasteiger partial charge in [0.25, 0.3) is 0 Å². The molecule has 0 aliphatic carbocycles. The monoisotopic (exact) mass is 287 g/mol. The highest BCUT2D eigenvalue weighted by Gasteiger charge is 2.45. The molecule has 0 spiro atoms. The van der Waals surface area contributed by atoms with E-state index in [0.717, 1.165) is 0 Å². The Balaban J connectivity index is 2.77. The Bertz CT molecular complexity index is 400. The fourth-order valence-corrected chi connectivity index (χ4v) is 2.02. The average Bonchev–Trinajstić information content (AvgIpc) is 2.71. The van der Waals surface area contributed by atoms with Crippen molar-refractivity contribution in [2.24, 2.45) is 11.8 Å². The summed E-state index contributed by atoms with van der Waals surface area (Å²) in [4.78, 5) is 36.1. The van der Waals surface area contributed by atoms with Crippen LogP contribution in [0.1, 0.15) is 27.7 Å². The van der Waals surface area contributed by atoms with Gasteiger partial charge in [-0.25, -0.2) is 4.79 Å². The highest BCUT2D eigenvalue weighted by Crippen LogP contribution is 2.26. The van der Waals surface area contributed by atoms with Gasteiger partial charge in [0.05, 0.1) is 18.4 Å². The summed E-state index contributed by atoms with van der Waals surface area (Å²) in [7, 11) is 0. The van der Waals surface area contributed by atoms with Crippen LogP contribution in [0.3, 0.4) is 0 Å². The van der Waals surface area contributed by atoms with Crippen LogP contribution in [0.4, 0.5) is 4.79 Å². The van der Waals surface area contributed by atoms with Crippen molar-refractivity contribution in [1.29, 1.82) is 0 Å². The number of hydrogen-bond acceptors (Lipinski definition) is 5. The summed E-state index contributed by atoms with van der Waals surface area (Å²) in [5, 5.41) is 9.15. The van der Waals surface area contributed by atoms with Crippen LogP contribution in [0.25, 0.3) is 0 Å². The summed E-state index contributed by atoms with van der Waals surface area (Å²) < 4.78 is 10.0. The lowest BCUT2D eigenvalue weighted by Crippen LogP contribution is -2.36. The maximum atomic E-state index is 11.9. The Hall–Kier alpha value is -1.79. The first-order chi connectivity index (χ1) is 9.15. The van der Waals surface area contributed by atoms with E-state index in [1.165, 1.54) is 4.90 Å². The lowest BCUT2D eigenvalue weighted by atomic mass is 9.96. The summed E-state index contributed by atoms with van der Waals surface area (Å²) in [6.07, 6.45) is -0.615. The molecular weight excluding hydrogens is 266 g/mol. The summed E-state index contributed by atoms with van der Waals surface area (Å²) in [5.74, 6) is -3.51. The molecular formula is C13H21NO6. The maximum Gasteiger partial charge on any atom is 0.410 e. The minimum Gasteiger partial charge on any atom is -0.481 e. The van der Waals surface area contributed by atoms with Crippen molar-refractivity contribution in [3.05, 3.63) is 0 Å². The number of aliphatic carboxylic acids is 1. The molecule has 0 aromatic carbocycles. The molecule has 0 bridgehead atoms. The van der Waals surface area contributed by atoms with Gasteiger partial charge in [0.1, 0.15) is 5.60 Å². The minimum absolute atomic E-state index is 0.00468. The summed E-state index contributed by atoms with van der Waals surface area (Å²) in [6, 6.07) is 0. The molecule has 1 amide bonds. The van der Waals surface area contributed by atoms with Crippen LogP contribution >= 0.6 is 0 Å². The van der Waals surface area contributed by atoms with Gasteiger partial charge in [-0.05, 0) is 27.7 Å². The number of likely N-dealkylation sites (tertiary alicyclic amines) is 1. The molecule has 1 aliphatic heterocycles. The number of nitrogens with zero attached hydrogens (tertiary/aromatic N) is 1. The molecule has 1 rings (SSSR count). The third kappa shape index (κ3) is 4.11. The third-order valence-corrected chi connectivity index (χ3v) is 2.88. The Morgan fingerprint density at radius 2 is 1.75 bits per heavy atom. The number of ether oxygens (including phenoxy) is 2. The molecule has 0 aromatic rings. The molecule has 0 unspecified atom stereocenters. The molecule has 20 heavy (non-hydrogen) atoms. The van der Waals surface area contributed by atoms with Crippen LogP contribution in [-0.4, -0.2) is 53.3 Å². The predicted molar refractivity (Wildman–Crippen MR) is 69.1 cm³/mol. The Kier molecular flexibility index (Phi) is 4.97. The molecule has 2 atom stereocenters. The number of carboxylic acid groups (broad SMARTS) is 1. The number of amides is 1. The maximum absolute atomic E-state index is 11.9. The van der Waals surface area contributed by atoms with Crippen LogP contribution in [-0.2, 0) is 19.1 Å². The second-order valence-electron chi connectivity index (χ2n) is 5.69. The molecule has 114 valence electrons. The Labute approximate surface area is 117 Å². The highest BCUT2D eigenvalue weighted by atomic mass is 16.6. The first kappa shape index (κ1) is 16.3. The first-order valence-corrected chi connectivity index (χ1v) is 6.53. The van der Waals surface area contributed by atoms with Gasteiger partial charge in [-0.2, -0.15) is 0 Å². The van der Waals surface area contributed by atoms with Crippen molar-refractivity contribution in [2.75, 3.05) is 19.7 Å². The second kappa shape index (κ2) is 6.11. The standard InChI is InChI=1S/C13H21NO6/c1-5-19-11(17)9-7-14(6-8(9)10(15)16)12(18)20-13(2,3)4/h8-9H,5-7H2,1-4H3,(H,15,16)/t8-,9+/m0/s1. The van der Waals surface area contributed by atoms with Gasteiger partial charge >= 0.3 is 18.0 Å². The molecule has 1 fully saturated rings. The van der Waals surface area contributed by atoms with Crippen molar-refractivity contribution in [3.63, 3.8) is 0 Å².